The molecule has 9 heavy (non-hydrogen) atoms. The summed E-state index contributed by atoms with van der Waals surface area (Å²) >= 11 is 1.54. The molecule has 0 aromatic carbocycles. The molecule has 4 heteroatoms. The average Bonchev–Trinajstić information content (AvgIpc) is 1.85. The van der Waals surface area contributed by atoms with Gasteiger partial charge in [-0.25, -0.2) is 0 Å². The van der Waals surface area contributed by atoms with E-state index in [2.05, 4.69) is 4.74 Å². The van der Waals surface area contributed by atoms with Crippen LogP contribution in [0.3, 0.4) is 0 Å². The summed E-state index contributed by atoms with van der Waals surface area (Å²) in [6, 6.07) is 0. The summed E-state index contributed by atoms with van der Waals surface area (Å²) < 4.78 is 9.37. The zero-order valence-electron chi connectivity index (χ0n) is 5.49. The lowest BCUT2D eigenvalue weighted by Gasteiger charge is -2.08. The molecule has 0 spiro atoms. The van der Waals surface area contributed by atoms with Crippen LogP contribution in [0.25, 0.3) is 0 Å². The maximum absolute atomic E-state index is 9.67. The Labute approximate surface area is 58.7 Å². The Balaban J connectivity index is 3.04. The van der Waals surface area contributed by atoms with Gasteiger partial charge >= 0.3 is 0 Å². The normalized spacial score (nSPS) is 12.7. The Morgan fingerprint density at radius 1 is 1.78 bits per heavy atom. The molecule has 0 aliphatic heterocycles. The Hall–Kier alpha value is -0.220. The highest BCUT2D eigenvalue weighted by Gasteiger charge is 1.97. The number of hydrogen-bond donors (Lipinski definition) is 0. The molecule has 0 heterocycles. The zero-order valence-corrected chi connectivity index (χ0v) is 6.31. The third kappa shape index (κ3) is 5.65. The van der Waals surface area contributed by atoms with Crippen LogP contribution in [0.15, 0.2) is 0 Å². The first kappa shape index (κ1) is 8.78. The van der Waals surface area contributed by atoms with Gasteiger partial charge in [0.25, 0.3) is 6.47 Å². The summed E-state index contributed by atoms with van der Waals surface area (Å²) in [5.74, 6) is 0.551. The van der Waals surface area contributed by atoms with Crippen LogP contribution in [0.1, 0.15) is 6.92 Å². The van der Waals surface area contributed by atoms with Gasteiger partial charge in [-0.05, 0) is 13.2 Å². The number of rotatable bonds is 5. The fourth-order valence-corrected chi connectivity index (χ4v) is 0.609. The van der Waals surface area contributed by atoms with Gasteiger partial charge in [0.2, 0.25) is 6.29 Å². The third-order valence-corrected chi connectivity index (χ3v) is 1.04. The molecule has 0 N–H and O–H groups in total. The number of carbonyl (C=O) groups is 1. The first-order chi connectivity index (χ1) is 4.31. The Morgan fingerprint density at radius 3 is 2.89 bits per heavy atom. The van der Waals surface area contributed by atoms with Gasteiger partial charge in [-0.1, -0.05) is 0 Å². The van der Waals surface area contributed by atoms with Gasteiger partial charge in [0.1, 0.15) is 0 Å². The molecule has 1 unspecified atom stereocenters. The van der Waals surface area contributed by atoms with E-state index in [-0.39, 0.29) is 0 Å². The highest BCUT2D eigenvalue weighted by Crippen LogP contribution is 1.97. The fraction of sp³-hybridized carbons (Fsp3) is 0.800. The van der Waals surface area contributed by atoms with E-state index in [4.69, 9.17) is 4.74 Å². The molecule has 0 saturated heterocycles. The van der Waals surface area contributed by atoms with Crippen LogP contribution in [-0.4, -0.2) is 25.0 Å². The quantitative estimate of drug-likeness (QED) is 0.430. The molecule has 0 bridgehead atoms. The van der Waals surface area contributed by atoms with Crippen molar-refractivity contribution >= 4 is 18.2 Å². The molecule has 0 aromatic rings. The van der Waals surface area contributed by atoms with E-state index in [9.17, 15) is 4.79 Å². The van der Waals surface area contributed by atoms with E-state index in [1.807, 2.05) is 6.26 Å². The smallest absolute Gasteiger partial charge is 0.295 e. The van der Waals surface area contributed by atoms with Gasteiger partial charge in [-0.3, -0.25) is 4.79 Å². The molecule has 0 saturated carbocycles. The van der Waals surface area contributed by atoms with Crippen molar-refractivity contribution in [3.63, 3.8) is 0 Å². The van der Waals surface area contributed by atoms with Crippen molar-refractivity contribution in [2.75, 3.05) is 12.2 Å². The van der Waals surface area contributed by atoms with Crippen LogP contribution in [0.5, 0.6) is 0 Å². The van der Waals surface area contributed by atoms with Gasteiger partial charge in [0.15, 0.2) is 0 Å². The summed E-state index contributed by atoms with van der Waals surface area (Å²) in [4.78, 5) is 9.67. The number of ether oxygens (including phenoxy) is 2. The number of hydrogen-bond acceptors (Lipinski definition) is 4. The van der Waals surface area contributed by atoms with Crippen molar-refractivity contribution < 1.29 is 14.3 Å². The average molecular weight is 150 g/mol. The third-order valence-electron chi connectivity index (χ3n) is 0.668. The molecule has 0 radical (unpaired) electrons. The van der Waals surface area contributed by atoms with Crippen molar-refractivity contribution in [3.05, 3.63) is 0 Å². The SMILES string of the molecule is CSCOC(C)OC=O. The number of thioether (sulfide) groups is 1. The van der Waals surface area contributed by atoms with Gasteiger partial charge < -0.3 is 9.47 Å². The number of carbonyl (C=O) groups excluding carboxylic acids is 1. The molecule has 0 amide bonds. The second-order valence-electron chi connectivity index (χ2n) is 1.37. The molecular weight excluding hydrogens is 140 g/mol. The van der Waals surface area contributed by atoms with E-state index >= 15 is 0 Å². The summed E-state index contributed by atoms with van der Waals surface area (Å²) in [6.45, 7) is 2.05. The molecule has 0 rings (SSSR count). The predicted molar refractivity (Wildman–Crippen MR) is 36.1 cm³/mol. The molecule has 0 aliphatic carbocycles. The van der Waals surface area contributed by atoms with Crippen LogP contribution >= 0.6 is 11.8 Å². The lowest BCUT2D eigenvalue weighted by atomic mass is 10.8. The lowest BCUT2D eigenvalue weighted by molar-refractivity contribution is -0.155. The minimum atomic E-state index is -0.421. The topological polar surface area (TPSA) is 35.5 Å². The molecule has 1 atom stereocenters. The molecule has 54 valence electrons. The Kier molecular flexibility index (Phi) is 5.76. The highest BCUT2D eigenvalue weighted by atomic mass is 32.2. The minimum Gasteiger partial charge on any atom is -0.438 e. The second-order valence-corrected chi connectivity index (χ2v) is 2.19. The van der Waals surface area contributed by atoms with Crippen LogP contribution in [0.4, 0.5) is 0 Å². The van der Waals surface area contributed by atoms with Crippen molar-refractivity contribution in [2.45, 2.75) is 13.2 Å². The Morgan fingerprint density at radius 2 is 2.44 bits per heavy atom. The molecule has 0 fully saturated rings. The summed E-state index contributed by atoms with van der Waals surface area (Å²) in [6.07, 6.45) is 1.49. The monoisotopic (exact) mass is 150 g/mol. The maximum atomic E-state index is 9.67. The van der Waals surface area contributed by atoms with Crippen molar-refractivity contribution in [1.82, 2.24) is 0 Å². The highest BCUT2D eigenvalue weighted by molar-refractivity contribution is 7.98. The van der Waals surface area contributed by atoms with Crippen LogP contribution in [-0.2, 0) is 14.3 Å². The zero-order chi connectivity index (χ0) is 7.11. The van der Waals surface area contributed by atoms with Gasteiger partial charge in [-0.2, -0.15) is 0 Å². The van der Waals surface area contributed by atoms with Crippen molar-refractivity contribution in [2.24, 2.45) is 0 Å². The molecule has 0 aromatic heterocycles. The van der Waals surface area contributed by atoms with Crippen LogP contribution in [0.2, 0.25) is 0 Å². The van der Waals surface area contributed by atoms with Crippen LogP contribution < -0.4 is 0 Å². The van der Waals surface area contributed by atoms with Crippen molar-refractivity contribution in [1.29, 1.82) is 0 Å². The summed E-state index contributed by atoms with van der Waals surface area (Å²) in [5, 5.41) is 0. The van der Waals surface area contributed by atoms with E-state index in [0.717, 1.165) is 0 Å². The Bertz CT molecular complexity index is 76.6. The first-order valence-electron chi connectivity index (χ1n) is 2.51. The first-order valence-corrected chi connectivity index (χ1v) is 3.90. The molecule has 3 nitrogen and oxygen atoms in total. The molecule has 0 aliphatic rings. The van der Waals surface area contributed by atoms with Gasteiger partial charge in [-0.15, -0.1) is 11.8 Å². The van der Waals surface area contributed by atoms with E-state index in [1.165, 1.54) is 11.8 Å². The van der Waals surface area contributed by atoms with Crippen molar-refractivity contribution in [3.8, 4) is 0 Å². The van der Waals surface area contributed by atoms with Crippen LogP contribution in [0, 0.1) is 0 Å². The maximum Gasteiger partial charge on any atom is 0.295 e. The second kappa shape index (κ2) is 5.91. The fourth-order valence-electron chi connectivity index (χ4n) is 0.281. The standard InChI is InChI=1S/C5H10O3S/c1-5(7-3-6)8-4-9-2/h3,5H,4H2,1-2H3. The minimum absolute atomic E-state index is 0.380. The summed E-state index contributed by atoms with van der Waals surface area (Å²) in [7, 11) is 0. The lowest BCUT2D eigenvalue weighted by Crippen LogP contribution is -2.10. The largest absolute Gasteiger partial charge is 0.438 e. The summed E-state index contributed by atoms with van der Waals surface area (Å²) in [5.41, 5.74) is 0. The van der Waals surface area contributed by atoms with E-state index in [1.54, 1.807) is 6.92 Å². The van der Waals surface area contributed by atoms with E-state index in [0.29, 0.717) is 12.4 Å². The predicted octanol–water partition coefficient (Wildman–Crippen LogP) is 0.843. The van der Waals surface area contributed by atoms with Gasteiger partial charge in [0.05, 0.1) is 5.94 Å². The van der Waals surface area contributed by atoms with Gasteiger partial charge in [0, 0.05) is 0 Å². The molecular formula is C5H10O3S. The van der Waals surface area contributed by atoms with E-state index < -0.39 is 6.29 Å².